The minimum Gasteiger partial charge on any atom is -0.300 e. The summed E-state index contributed by atoms with van der Waals surface area (Å²) >= 11 is 0. The summed E-state index contributed by atoms with van der Waals surface area (Å²) in [5, 5.41) is 0. The lowest BCUT2D eigenvalue weighted by Crippen LogP contribution is -2.06. The zero-order valence-electron chi connectivity index (χ0n) is 5.63. The van der Waals surface area contributed by atoms with E-state index in [1.165, 1.54) is 0 Å². The summed E-state index contributed by atoms with van der Waals surface area (Å²) in [6.07, 6.45) is 4.58. The molecule has 0 saturated heterocycles. The van der Waals surface area contributed by atoms with Gasteiger partial charge in [-0.25, -0.2) is 0 Å². The van der Waals surface area contributed by atoms with Gasteiger partial charge in [-0.05, 0) is 12.8 Å². The first kappa shape index (κ1) is 6.46. The molecule has 0 aliphatic heterocycles. The lowest BCUT2D eigenvalue weighted by atomic mass is 10.1. The number of carbonyl (C=O) groups excluding carboxylic acids is 1. The molecule has 1 rings (SSSR count). The Morgan fingerprint density at radius 3 is 3.00 bits per heavy atom. The third kappa shape index (κ3) is 1.37. The fourth-order valence-corrected chi connectivity index (χ4v) is 1.18. The second kappa shape index (κ2) is 2.76. The third-order valence-electron chi connectivity index (χ3n) is 1.68. The molecule has 0 N–H and O–H groups in total. The summed E-state index contributed by atoms with van der Waals surface area (Å²) in [7, 11) is 1.71. The number of Topliss-reactive ketones (excluding diaryl/α,β-unsaturated/α-hetero) is 1. The number of hydrogen-bond acceptors (Lipinski definition) is 2. The topological polar surface area (TPSA) is 29.4 Å². The van der Waals surface area contributed by atoms with Crippen molar-refractivity contribution in [3.63, 3.8) is 0 Å². The Morgan fingerprint density at radius 1 is 1.78 bits per heavy atom. The number of nitrogens with zero attached hydrogens (tertiary/aromatic N) is 1. The first-order valence-electron chi connectivity index (χ1n) is 3.29. The van der Waals surface area contributed by atoms with Gasteiger partial charge in [-0.3, -0.25) is 4.79 Å². The van der Waals surface area contributed by atoms with Gasteiger partial charge in [0.05, 0.1) is 5.92 Å². The molecule has 0 spiro atoms. The largest absolute Gasteiger partial charge is 0.300 e. The van der Waals surface area contributed by atoms with Crippen molar-refractivity contribution in [2.75, 3.05) is 7.05 Å². The van der Waals surface area contributed by atoms with Gasteiger partial charge in [0.15, 0.2) is 0 Å². The quantitative estimate of drug-likeness (QED) is 0.482. The first-order chi connectivity index (χ1) is 4.34. The van der Waals surface area contributed by atoms with Crippen LogP contribution < -0.4 is 0 Å². The summed E-state index contributed by atoms with van der Waals surface area (Å²) in [5.41, 5.74) is 0. The monoisotopic (exact) mass is 125 g/mol. The Balaban J connectivity index is 2.49. The van der Waals surface area contributed by atoms with E-state index >= 15 is 0 Å². The Bertz CT molecular complexity index is 140. The van der Waals surface area contributed by atoms with Crippen LogP contribution in [-0.4, -0.2) is 19.0 Å². The zero-order valence-corrected chi connectivity index (χ0v) is 5.63. The summed E-state index contributed by atoms with van der Waals surface area (Å²) in [6, 6.07) is 0. The van der Waals surface area contributed by atoms with E-state index in [2.05, 4.69) is 4.99 Å². The molecule has 1 aliphatic rings. The molecule has 2 heteroatoms. The molecule has 1 saturated carbocycles. The highest BCUT2D eigenvalue weighted by atomic mass is 16.1. The average Bonchev–Trinajstić information content (AvgIpc) is 2.18. The van der Waals surface area contributed by atoms with Crippen LogP contribution in [0.2, 0.25) is 0 Å². The minimum atomic E-state index is 0.148. The Labute approximate surface area is 55.0 Å². The molecule has 9 heavy (non-hydrogen) atoms. The lowest BCUT2D eigenvalue weighted by molar-refractivity contribution is -0.118. The van der Waals surface area contributed by atoms with Crippen LogP contribution >= 0.6 is 0 Å². The van der Waals surface area contributed by atoms with Crippen molar-refractivity contribution in [1.29, 1.82) is 0 Å². The van der Waals surface area contributed by atoms with Gasteiger partial charge in [-0.15, -0.1) is 0 Å². The van der Waals surface area contributed by atoms with Crippen LogP contribution in [0.4, 0.5) is 0 Å². The minimum absolute atomic E-state index is 0.148. The highest BCUT2D eigenvalue weighted by molar-refractivity contribution is 5.96. The molecule has 0 aromatic carbocycles. The third-order valence-corrected chi connectivity index (χ3v) is 1.68. The maximum atomic E-state index is 10.9. The lowest BCUT2D eigenvalue weighted by Gasteiger charge is -1.94. The van der Waals surface area contributed by atoms with Crippen LogP contribution in [0.15, 0.2) is 4.99 Å². The summed E-state index contributed by atoms with van der Waals surface area (Å²) in [5.74, 6) is 0.510. The molecule has 1 unspecified atom stereocenters. The summed E-state index contributed by atoms with van der Waals surface area (Å²) < 4.78 is 0. The molecule has 0 bridgehead atoms. The molecule has 50 valence electrons. The highest BCUT2D eigenvalue weighted by Gasteiger charge is 2.21. The Kier molecular flexibility index (Phi) is 1.98. The summed E-state index contributed by atoms with van der Waals surface area (Å²) in [4.78, 5) is 14.7. The summed E-state index contributed by atoms with van der Waals surface area (Å²) in [6.45, 7) is 0. The van der Waals surface area contributed by atoms with E-state index in [0.717, 1.165) is 19.3 Å². The van der Waals surface area contributed by atoms with Gasteiger partial charge in [0, 0.05) is 19.7 Å². The Hall–Kier alpha value is -0.660. The number of aliphatic imine (C=N–C) groups is 1. The van der Waals surface area contributed by atoms with Gasteiger partial charge in [-0.2, -0.15) is 0 Å². The van der Waals surface area contributed by atoms with E-state index in [1.54, 1.807) is 13.3 Å². The molecule has 1 aliphatic carbocycles. The van der Waals surface area contributed by atoms with Crippen molar-refractivity contribution in [1.82, 2.24) is 0 Å². The molecule has 0 aromatic rings. The van der Waals surface area contributed by atoms with Gasteiger partial charge in [-0.1, -0.05) is 0 Å². The fraction of sp³-hybridized carbons (Fsp3) is 0.714. The van der Waals surface area contributed by atoms with Crippen molar-refractivity contribution in [2.24, 2.45) is 10.9 Å². The number of ketones is 1. The zero-order chi connectivity index (χ0) is 6.69. The van der Waals surface area contributed by atoms with Crippen molar-refractivity contribution in [3.8, 4) is 0 Å². The van der Waals surface area contributed by atoms with Gasteiger partial charge in [0.2, 0.25) is 0 Å². The van der Waals surface area contributed by atoms with E-state index < -0.39 is 0 Å². The number of hydrogen-bond donors (Lipinski definition) is 0. The molecule has 0 aromatic heterocycles. The molecular formula is C7H11NO. The van der Waals surface area contributed by atoms with Crippen molar-refractivity contribution in [2.45, 2.75) is 19.3 Å². The number of rotatable bonds is 1. The second-order valence-corrected chi connectivity index (χ2v) is 2.37. The van der Waals surface area contributed by atoms with E-state index in [1.807, 2.05) is 0 Å². The van der Waals surface area contributed by atoms with Crippen LogP contribution in [0.5, 0.6) is 0 Å². The van der Waals surface area contributed by atoms with Crippen molar-refractivity contribution in [3.05, 3.63) is 0 Å². The van der Waals surface area contributed by atoms with E-state index in [4.69, 9.17) is 0 Å². The average molecular weight is 125 g/mol. The van der Waals surface area contributed by atoms with E-state index in [0.29, 0.717) is 5.78 Å². The van der Waals surface area contributed by atoms with E-state index in [-0.39, 0.29) is 5.92 Å². The van der Waals surface area contributed by atoms with Crippen molar-refractivity contribution >= 4 is 12.0 Å². The van der Waals surface area contributed by atoms with Crippen LogP contribution in [0.3, 0.4) is 0 Å². The van der Waals surface area contributed by atoms with Crippen LogP contribution in [0, 0.1) is 5.92 Å². The smallest absolute Gasteiger partial charge is 0.141 e. The van der Waals surface area contributed by atoms with Gasteiger partial charge in [0.1, 0.15) is 5.78 Å². The maximum Gasteiger partial charge on any atom is 0.141 e. The molecule has 1 atom stereocenters. The van der Waals surface area contributed by atoms with Crippen LogP contribution in [0.1, 0.15) is 19.3 Å². The normalized spacial score (nSPS) is 28.1. The predicted octanol–water partition coefficient (Wildman–Crippen LogP) is 1.06. The van der Waals surface area contributed by atoms with Crippen LogP contribution in [-0.2, 0) is 4.79 Å². The molecule has 1 fully saturated rings. The predicted molar refractivity (Wildman–Crippen MR) is 36.8 cm³/mol. The molecular weight excluding hydrogens is 114 g/mol. The molecule has 0 heterocycles. The van der Waals surface area contributed by atoms with E-state index in [9.17, 15) is 4.79 Å². The fourth-order valence-electron chi connectivity index (χ4n) is 1.18. The molecule has 2 nitrogen and oxygen atoms in total. The number of carbonyl (C=O) groups is 1. The standard InChI is InChI=1S/C7H11NO/c1-8-5-6-3-2-4-7(6)9/h5-6H,2-4H2,1H3. The van der Waals surface area contributed by atoms with Gasteiger partial charge in [0.25, 0.3) is 0 Å². The van der Waals surface area contributed by atoms with Crippen molar-refractivity contribution < 1.29 is 4.79 Å². The molecule has 0 radical (unpaired) electrons. The highest BCUT2D eigenvalue weighted by Crippen LogP contribution is 2.18. The Morgan fingerprint density at radius 2 is 2.56 bits per heavy atom. The van der Waals surface area contributed by atoms with Gasteiger partial charge >= 0.3 is 0 Å². The SMILES string of the molecule is CN=CC1CCCC1=O. The van der Waals surface area contributed by atoms with Gasteiger partial charge < -0.3 is 4.99 Å². The first-order valence-corrected chi connectivity index (χ1v) is 3.29. The van der Waals surface area contributed by atoms with Crippen LogP contribution in [0.25, 0.3) is 0 Å². The second-order valence-electron chi connectivity index (χ2n) is 2.37. The maximum absolute atomic E-state index is 10.9. The molecule has 0 amide bonds.